The summed E-state index contributed by atoms with van der Waals surface area (Å²) in [5.74, 6) is 0. The SMILES string of the molecule is Cc1cc[se]c1-c1c2[se]c3c4ccccc4ccc3c2nc[n+]1C. The van der Waals surface area contributed by atoms with Crippen molar-refractivity contribution in [1.82, 2.24) is 4.98 Å². The summed E-state index contributed by atoms with van der Waals surface area (Å²) >= 11 is 0.739. The third-order valence-electron chi connectivity index (χ3n) is 4.56. The van der Waals surface area contributed by atoms with Crippen molar-refractivity contribution in [3.05, 3.63) is 59.3 Å². The van der Waals surface area contributed by atoms with E-state index < -0.39 is 0 Å². The first-order valence-corrected chi connectivity index (χ1v) is 11.4. The zero-order chi connectivity index (χ0) is 16.3. The molecular formula is C20H15N2Se2+. The first-order valence-electron chi connectivity index (χ1n) is 7.87. The van der Waals surface area contributed by atoms with Crippen LogP contribution in [-0.4, -0.2) is 34.0 Å². The molecule has 0 atom stereocenters. The molecule has 5 aromatic rings. The summed E-state index contributed by atoms with van der Waals surface area (Å²) < 4.78 is 6.69. The van der Waals surface area contributed by atoms with E-state index in [2.05, 4.69) is 65.9 Å². The van der Waals surface area contributed by atoms with Gasteiger partial charge in [0.2, 0.25) is 0 Å². The van der Waals surface area contributed by atoms with E-state index in [1.165, 1.54) is 45.9 Å². The van der Waals surface area contributed by atoms with E-state index in [4.69, 9.17) is 4.98 Å². The Hall–Kier alpha value is -1.70. The fraction of sp³-hybridized carbons (Fsp3) is 0.100. The van der Waals surface area contributed by atoms with Gasteiger partial charge in [-0.15, -0.1) is 0 Å². The average molecular weight is 441 g/mol. The van der Waals surface area contributed by atoms with Gasteiger partial charge in [-0.2, -0.15) is 0 Å². The molecule has 0 unspecified atom stereocenters. The van der Waals surface area contributed by atoms with Gasteiger partial charge in [-0.05, 0) is 0 Å². The van der Waals surface area contributed by atoms with Crippen LogP contribution in [0.25, 0.3) is 40.3 Å². The molecule has 3 aromatic heterocycles. The van der Waals surface area contributed by atoms with Crippen molar-refractivity contribution in [3.63, 3.8) is 0 Å². The number of hydrogen-bond donors (Lipinski definition) is 0. The fourth-order valence-electron chi connectivity index (χ4n) is 3.34. The zero-order valence-corrected chi connectivity index (χ0v) is 16.8. The Morgan fingerprint density at radius 1 is 0.958 bits per heavy atom. The number of benzene rings is 2. The van der Waals surface area contributed by atoms with Crippen molar-refractivity contribution in [2.75, 3.05) is 0 Å². The topological polar surface area (TPSA) is 16.8 Å². The van der Waals surface area contributed by atoms with Gasteiger partial charge in [0.1, 0.15) is 0 Å². The number of rotatable bonds is 1. The molecule has 0 saturated heterocycles. The number of nitrogens with zero attached hydrogens (tertiary/aromatic N) is 2. The van der Waals surface area contributed by atoms with E-state index in [0.717, 1.165) is 0 Å². The Bertz CT molecular complexity index is 1230. The Kier molecular flexibility index (Phi) is 3.29. The van der Waals surface area contributed by atoms with Gasteiger partial charge in [-0.25, -0.2) is 0 Å². The standard InChI is InChI=1S/C20H15N2Se2/c1-12-9-10-23-18(12)17-20-16(21-11-22(17)2)15-8-7-13-5-3-4-6-14(13)19(15)24-20/h3-11H,1-2H3/q+1. The number of aromatic nitrogens is 2. The van der Waals surface area contributed by atoms with Crippen molar-refractivity contribution >= 4 is 59.2 Å². The number of aryl methyl sites for hydroxylation is 2. The van der Waals surface area contributed by atoms with Crippen LogP contribution in [-0.2, 0) is 7.05 Å². The summed E-state index contributed by atoms with van der Waals surface area (Å²) in [6.07, 6.45) is 1.99. The zero-order valence-electron chi connectivity index (χ0n) is 13.4. The van der Waals surface area contributed by atoms with Crippen LogP contribution in [0.3, 0.4) is 0 Å². The molecule has 0 aliphatic rings. The Labute approximate surface area is 151 Å². The fourth-order valence-corrected chi connectivity index (χ4v) is 8.70. The van der Waals surface area contributed by atoms with Crippen molar-refractivity contribution in [1.29, 1.82) is 0 Å². The molecular weight excluding hydrogens is 426 g/mol. The molecule has 0 aliphatic carbocycles. The van der Waals surface area contributed by atoms with Crippen LogP contribution in [0, 0.1) is 6.92 Å². The second-order valence-electron chi connectivity index (χ2n) is 6.08. The molecule has 5 rings (SSSR count). The molecule has 0 radical (unpaired) electrons. The second-order valence-corrected chi connectivity index (χ2v) is 10.1. The van der Waals surface area contributed by atoms with E-state index >= 15 is 0 Å². The minimum atomic E-state index is 0.304. The van der Waals surface area contributed by atoms with Crippen LogP contribution >= 0.6 is 0 Å². The van der Waals surface area contributed by atoms with E-state index in [9.17, 15) is 0 Å². The summed E-state index contributed by atoms with van der Waals surface area (Å²) in [5.41, 5.74) is 4.02. The van der Waals surface area contributed by atoms with Crippen LogP contribution in [0.4, 0.5) is 0 Å². The van der Waals surface area contributed by atoms with Gasteiger partial charge in [-0.1, -0.05) is 0 Å². The predicted molar refractivity (Wildman–Crippen MR) is 102 cm³/mol. The van der Waals surface area contributed by atoms with Crippen LogP contribution in [0.1, 0.15) is 5.56 Å². The van der Waals surface area contributed by atoms with Gasteiger partial charge in [0, 0.05) is 0 Å². The van der Waals surface area contributed by atoms with E-state index in [0.29, 0.717) is 29.0 Å². The van der Waals surface area contributed by atoms with Crippen molar-refractivity contribution in [2.24, 2.45) is 7.05 Å². The molecule has 0 bridgehead atoms. The van der Waals surface area contributed by atoms with Gasteiger partial charge in [0.15, 0.2) is 0 Å². The Balaban J connectivity index is 1.99. The van der Waals surface area contributed by atoms with E-state index in [1.54, 1.807) is 0 Å². The number of fused-ring (bicyclic) bond motifs is 5. The first kappa shape index (κ1) is 14.6. The van der Waals surface area contributed by atoms with Gasteiger partial charge >= 0.3 is 152 Å². The van der Waals surface area contributed by atoms with Gasteiger partial charge in [-0.3, -0.25) is 0 Å². The molecule has 4 heteroatoms. The summed E-state index contributed by atoms with van der Waals surface area (Å²) in [4.78, 5) is 7.13. The molecule has 0 amide bonds. The van der Waals surface area contributed by atoms with Gasteiger partial charge in [0.25, 0.3) is 0 Å². The molecule has 0 fully saturated rings. The minimum absolute atomic E-state index is 0.304. The number of hydrogen-bond acceptors (Lipinski definition) is 1. The molecule has 116 valence electrons. The van der Waals surface area contributed by atoms with Gasteiger partial charge in [0.05, 0.1) is 0 Å². The van der Waals surface area contributed by atoms with Crippen LogP contribution in [0.2, 0.25) is 0 Å². The molecule has 24 heavy (non-hydrogen) atoms. The average Bonchev–Trinajstić information content (AvgIpc) is 3.18. The predicted octanol–water partition coefficient (Wildman–Crippen LogP) is 3.46. The second kappa shape index (κ2) is 5.40. The molecule has 0 saturated carbocycles. The quantitative estimate of drug-likeness (QED) is 0.288. The van der Waals surface area contributed by atoms with Crippen LogP contribution < -0.4 is 4.57 Å². The molecule has 2 nitrogen and oxygen atoms in total. The third kappa shape index (κ3) is 2.01. The third-order valence-corrected chi connectivity index (χ3v) is 9.30. The summed E-state index contributed by atoms with van der Waals surface area (Å²) in [6.45, 7) is 2.23. The maximum atomic E-state index is 4.81. The summed E-state index contributed by atoms with van der Waals surface area (Å²) in [7, 11) is 2.13. The van der Waals surface area contributed by atoms with Crippen LogP contribution in [0.5, 0.6) is 0 Å². The van der Waals surface area contributed by atoms with Crippen molar-refractivity contribution < 1.29 is 4.57 Å². The monoisotopic (exact) mass is 443 g/mol. The summed E-state index contributed by atoms with van der Waals surface area (Å²) in [6, 6.07) is 15.5. The molecule has 2 aromatic carbocycles. The van der Waals surface area contributed by atoms with E-state index in [-0.39, 0.29) is 0 Å². The van der Waals surface area contributed by atoms with Crippen molar-refractivity contribution in [2.45, 2.75) is 6.92 Å². The van der Waals surface area contributed by atoms with Crippen LogP contribution in [0.15, 0.2) is 53.7 Å². The summed E-state index contributed by atoms with van der Waals surface area (Å²) in [5, 5.41) is 4.06. The molecule has 3 heterocycles. The Morgan fingerprint density at radius 2 is 1.83 bits per heavy atom. The first-order chi connectivity index (χ1) is 11.7. The normalized spacial score (nSPS) is 11.8. The molecule has 0 spiro atoms. The molecule has 0 N–H and O–H groups in total. The van der Waals surface area contributed by atoms with Gasteiger partial charge < -0.3 is 0 Å². The molecule has 0 aliphatic heterocycles. The maximum absolute atomic E-state index is 4.81. The van der Waals surface area contributed by atoms with E-state index in [1.807, 2.05) is 6.33 Å². The Morgan fingerprint density at radius 3 is 2.67 bits per heavy atom. The van der Waals surface area contributed by atoms with Crippen molar-refractivity contribution in [3.8, 4) is 10.1 Å².